The molecule has 0 aliphatic rings. The van der Waals surface area contributed by atoms with E-state index in [-0.39, 0.29) is 0 Å². The lowest BCUT2D eigenvalue weighted by molar-refractivity contribution is 0.669. The second-order valence-electron chi connectivity index (χ2n) is 14.4. The molecule has 5 nitrogen and oxygen atoms in total. The second-order valence-corrected chi connectivity index (χ2v) is 15.4. The molecule has 4 heterocycles. The molecule has 0 aliphatic heterocycles. The largest absolute Gasteiger partial charge is 0.456 e. The van der Waals surface area contributed by atoms with Gasteiger partial charge in [-0.15, -0.1) is 11.3 Å². The summed E-state index contributed by atoms with van der Waals surface area (Å²) < 4.78 is 11.1. The second kappa shape index (κ2) is 12.6. The molecule has 0 amide bonds. The van der Waals surface area contributed by atoms with E-state index in [4.69, 9.17) is 19.4 Å². The van der Waals surface area contributed by atoms with Crippen LogP contribution >= 0.6 is 11.3 Å². The number of rotatable bonds is 5. The quantitative estimate of drug-likeness (QED) is 0.176. The summed E-state index contributed by atoms with van der Waals surface area (Å²) in [6.07, 6.45) is 0. The van der Waals surface area contributed by atoms with E-state index in [1.54, 1.807) is 0 Å². The number of benzene rings is 8. The van der Waals surface area contributed by atoms with Crippen molar-refractivity contribution in [2.24, 2.45) is 0 Å². The minimum Gasteiger partial charge on any atom is -0.456 e. The van der Waals surface area contributed by atoms with Crippen LogP contribution in [0.15, 0.2) is 186 Å². The third kappa shape index (κ3) is 5.04. The summed E-state index contributed by atoms with van der Waals surface area (Å²) in [5, 5.41) is 6.97. The van der Waals surface area contributed by atoms with Crippen molar-refractivity contribution in [3.05, 3.63) is 182 Å². The molecule has 0 radical (unpaired) electrons. The molecule has 0 saturated heterocycles. The van der Waals surface area contributed by atoms with E-state index < -0.39 is 0 Å². The first-order valence-electron chi connectivity index (χ1n) is 19.0. The first kappa shape index (κ1) is 31.9. The Hall–Kier alpha value is -7.41. The van der Waals surface area contributed by atoms with E-state index in [0.29, 0.717) is 17.5 Å². The van der Waals surface area contributed by atoms with E-state index in [9.17, 15) is 0 Å². The lowest BCUT2D eigenvalue weighted by Gasteiger charge is -2.10. The van der Waals surface area contributed by atoms with Crippen molar-refractivity contribution in [3.8, 4) is 51.0 Å². The van der Waals surface area contributed by atoms with Crippen LogP contribution in [0.3, 0.4) is 0 Å². The minimum absolute atomic E-state index is 0.598. The summed E-state index contributed by atoms with van der Waals surface area (Å²) >= 11 is 1.82. The molecule has 0 N–H and O–H groups in total. The van der Waals surface area contributed by atoms with Gasteiger partial charge >= 0.3 is 0 Å². The predicted molar refractivity (Wildman–Crippen MR) is 236 cm³/mol. The van der Waals surface area contributed by atoms with Crippen molar-refractivity contribution in [2.75, 3.05) is 0 Å². The summed E-state index contributed by atoms with van der Waals surface area (Å²) in [5.41, 5.74) is 10.3. The molecule has 12 aromatic rings. The minimum atomic E-state index is 0.598. The van der Waals surface area contributed by atoms with Gasteiger partial charge in [-0.05, 0) is 59.7 Å². The smallest absolute Gasteiger partial charge is 0.164 e. The van der Waals surface area contributed by atoms with Gasteiger partial charge in [-0.2, -0.15) is 0 Å². The third-order valence-electron chi connectivity index (χ3n) is 11.1. The Morgan fingerprint density at radius 2 is 1.04 bits per heavy atom. The van der Waals surface area contributed by atoms with Crippen molar-refractivity contribution >= 4 is 75.3 Å². The first-order chi connectivity index (χ1) is 28.2. The molecule has 0 spiro atoms. The Bertz CT molecular complexity index is 3530. The van der Waals surface area contributed by atoms with Gasteiger partial charge in [0.25, 0.3) is 0 Å². The van der Waals surface area contributed by atoms with Crippen molar-refractivity contribution < 1.29 is 4.42 Å². The summed E-state index contributed by atoms with van der Waals surface area (Å²) in [4.78, 5) is 15.4. The number of para-hydroxylation sites is 3. The molecule has 0 atom stereocenters. The van der Waals surface area contributed by atoms with Crippen molar-refractivity contribution in [2.45, 2.75) is 0 Å². The number of nitrogens with zero attached hydrogens (tertiary/aromatic N) is 4. The zero-order valence-electron chi connectivity index (χ0n) is 30.4. The van der Waals surface area contributed by atoms with Gasteiger partial charge in [-0.25, -0.2) is 15.0 Å². The highest BCUT2D eigenvalue weighted by atomic mass is 32.1. The highest BCUT2D eigenvalue weighted by Crippen LogP contribution is 2.45. The number of hydrogen-bond donors (Lipinski definition) is 0. The molecule has 266 valence electrons. The maximum absolute atomic E-state index is 6.28. The highest BCUT2D eigenvalue weighted by Gasteiger charge is 2.20. The average Bonchev–Trinajstić information content (AvgIpc) is 3.96. The number of furan rings is 1. The highest BCUT2D eigenvalue weighted by molar-refractivity contribution is 7.26. The van der Waals surface area contributed by atoms with Crippen molar-refractivity contribution in [1.29, 1.82) is 0 Å². The summed E-state index contributed by atoms with van der Waals surface area (Å²) in [5.74, 6) is 1.85. The number of thiophene rings is 1. The fourth-order valence-electron chi connectivity index (χ4n) is 8.46. The van der Waals surface area contributed by atoms with Gasteiger partial charge in [0.2, 0.25) is 0 Å². The Labute approximate surface area is 330 Å². The van der Waals surface area contributed by atoms with Crippen LogP contribution in [0.25, 0.3) is 115 Å². The first-order valence-corrected chi connectivity index (χ1v) is 19.8. The Balaban J connectivity index is 1.05. The van der Waals surface area contributed by atoms with Gasteiger partial charge in [0, 0.05) is 64.1 Å². The SMILES string of the molecule is c1ccc(-c2nc(-c3ccc4c(c3)oc3ccccc34)nc(-c3cccc4sc5c(-c6ccc7c8ccccc8n(-c8ccccc8)c7c6)cccc5c34)n2)cc1. The zero-order valence-corrected chi connectivity index (χ0v) is 31.2. The molecule has 0 unspecified atom stereocenters. The number of hydrogen-bond acceptors (Lipinski definition) is 5. The summed E-state index contributed by atoms with van der Waals surface area (Å²) in [6, 6.07) is 63.8. The molecular formula is C51H30N4OS. The van der Waals surface area contributed by atoms with Crippen LogP contribution in [0.2, 0.25) is 0 Å². The molecule has 57 heavy (non-hydrogen) atoms. The molecule has 6 heteroatoms. The summed E-state index contributed by atoms with van der Waals surface area (Å²) in [7, 11) is 0. The molecule has 0 aliphatic carbocycles. The van der Waals surface area contributed by atoms with Crippen LogP contribution < -0.4 is 0 Å². The molecular weight excluding hydrogens is 717 g/mol. The molecule has 0 bridgehead atoms. The Morgan fingerprint density at radius 1 is 0.404 bits per heavy atom. The maximum atomic E-state index is 6.28. The Morgan fingerprint density at radius 3 is 1.91 bits per heavy atom. The normalized spacial score (nSPS) is 11.9. The number of aromatic nitrogens is 4. The van der Waals surface area contributed by atoms with Crippen LogP contribution in [0.4, 0.5) is 0 Å². The topological polar surface area (TPSA) is 56.7 Å². The van der Waals surface area contributed by atoms with Gasteiger partial charge in [0.05, 0.1) is 11.0 Å². The number of fused-ring (bicyclic) bond motifs is 9. The molecule has 0 fully saturated rings. The molecule has 0 saturated carbocycles. The molecule has 8 aromatic carbocycles. The lowest BCUT2D eigenvalue weighted by Crippen LogP contribution is -2.00. The maximum Gasteiger partial charge on any atom is 0.164 e. The van der Waals surface area contributed by atoms with Gasteiger partial charge in [-0.1, -0.05) is 133 Å². The van der Waals surface area contributed by atoms with E-state index in [1.165, 1.54) is 47.7 Å². The Kier molecular flexibility index (Phi) is 7.03. The van der Waals surface area contributed by atoms with E-state index in [2.05, 4.69) is 132 Å². The summed E-state index contributed by atoms with van der Waals surface area (Å²) in [6.45, 7) is 0. The van der Waals surface area contributed by atoms with Gasteiger partial charge in [0.15, 0.2) is 17.5 Å². The molecule has 12 rings (SSSR count). The molecule has 4 aromatic heterocycles. The third-order valence-corrected chi connectivity index (χ3v) is 12.3. The van der Waals surface area contributed by atoms with Crippen molar-refractivity contribution in [1.82, 2.24) is 19.5 Å². The predicted octanol–water partition coefficient (Wildman–Crippen LogP) is 13.9. The van der Waals surface area contributed by atoms with Crippen LogP contribution in [0.1, 0.15) is 0 Å². The van der Waals surface area contributed by atoms with Crippen LogP contribution in [0, 0.1) is 0 Å². The van der Waals surface area contributed by atoms with Gasteiger partial charge < -0.3 is 8.98 Å². The average molecular weight is 747 g/mol. The van der Waals surface area contributed by atoms with Crippen LogP contribution in [0.5, 0.6) is 0 Å². The van der Waals surface area contributed by atoms with Crippen LogP contribution in [-0.2, 0) is 0 Å². The monoisotopic (exact) mass is 746 g/mol. The van der Waals surface area contributed by atoms with Gasteiger partial charge in [-0.3, -0.25) is 0 Å². The van der Waals surface area contributed by atoms with E-state index >= 15 is 0 Å². The van der Waals surface area contributed by atoms with E-state index in [1.807, 2.05) is 65.9 Å². The fraction of sp³-hybridized carbons (Fsp3) is 0. The van der Waals surface area contributed by atoms with Crippen LogP contribution in [-0.4, -0.2) is 19.5 Å². The zero-order chi connectivity index (χ0) is 37.5. The standard InChI is InChI=1S/C51H30N4OS/c1-3-13-31(14-4-1)49-52-50(33-26-28-39-38-18-8-10-23-44(38)56-45(39)30-33)54-51(53-49)41-21-12-24-46-47(41)40-20-11-19-35(48(40)57-46)32-25-27-37-36-17-7-9-22-42(36)55(43(37)29-32)34-15-5-2-6-16-34/h1-30H. The lowest BCUT2D eigenvalue weighted by atomic mass is 9.99. The van der Waals surface area contributed by atoms with E-state index in [0.717, 1.165) is 49.7 Å². The van der Waals surface area contributed by atoms with Gasteiger partial charge in [0.1, 0.15) is 11.2 Å². The van der Waals surface area contributed by atoms with Crippen molar-refractivity contribution in [3.63, 3.8) is 0 Å². The fourth-order valence-corrected chi connectivity index (χ4v) is 9.73.